The maximum Gasteiger partial charge on any atom is 0.140 e. The van der Waals surface area contributed by atoms with Crippen molar-refractivity contribution in [3.8, 4) is 0 Å². The van der Waals surface area contributed by atoms with Crippen LogP contribution >= 0.6 is 22.6 Å². The maximum atomic E-state index is 12.6. The van der Waals surface area contributed by atoms with Crippen LogP contribution in [0.2, 0.25) is 0 Å². The monoisotopic (exact) mass is 361 g/mol. The zero-order valence-corrected chi connectivity index (χ0v) is 13.3. The number of piperidine rings is 2. The fourth-order valence-electron chi connectivity index (χ4n) is 4.50. The molecule has 4 atom stereocenters. The van der Waals surface area contributed by atoms with Gasteiger partial charge in [0.05, 0.1) is 0 Å². The first kappa shape index (κ1) is 13.3. The molecule has 0 N–H and O–H groups in total. The smallest absolute Gasteiger partial charge is 0.140 e. The molecule has 2 bridgehead atoms. The Kier molecular flexibility index (Phi) is 4.28. The molecule has 18 heavy (non-hydrogen) atoms. The normalized spacial score (nSPS) is 39.9. The van der Waals surface area contributed by atoms with Crippen molar-refractivity contribution in [3.05, 3.63) is 0 Å². The van der Waals surface area contributed by atoms with E-state index in [2.05, 4.69) is 27.5 Å². The van der Waals surface area contributed by atoms with Gasteiger partial charge in [-0.1, -0.05) is 35.4 Å². The Morgan fingerprint density at radius 1 is 1.28 bits per heavy atom. The Morgan fingerprint density at radius 3 is 3.00 bits per heavy atom. The van der Waals surface area contributed by atoms with E-state index in [1.165, 1.54) is 62.5 Å². The summed E-state index contributed by atoms with van der Waals surface area (Å²) in [4.78, 5) is 15.3. The lowest BCUT2D eigenvalue weighted by Gasteiger charge is -2.42. The maximum absolute atomic E-state index is 12.6. The van der Waals surface area contributed by atoms with Crippen LogP contribution in [0, 0.1) is 17.8 Å². The molecule has 2 aliphatic heterocycles. The number of nitrogens with zero attached hydrogens (tertiary/aromatic N) is 1. The lowest BCUT2D eigenvalue weighted by molar-refractivity contribution is -0.125. The minimum absolute atomic E-state index is 0.411. The number of Topliss-reactive ketones (excluding diaryl/α,β-unsaturated/α-hetero) is 1. The minimum atomic E-state index is 0.411. The molecule has 0 aromatic heterocycles. The van der Waals surface area contributed by atoms with Gasteiger partial charge in [-0.05, 0) is 49.0 Å². The van der Waals surface area contributed by atoms with E-state index >= 15 is 0 Å². The van der Waals surface area contributed by atoms with Gasteiger partial charge in [0.25, 0.3) is 0 Å². The second kappa shape index (κ2) is 5.78. The molecule has 0 aromatic rings. The summed E-state index contributed by atoms with van der Waals surface area (Å²) in [6.45, 7) is 2.48. The summed E-state index contributed by atoms with van der Waals surface area (Å²) in [5.74, 6) is 2.17. The molecule has 3 rings (SSSR count). The molecule has 3 aliphatic rings. The molecule has 2 saturated heterocycles. The predicted octanol–water partition coefficient (Wildman–Crippen LogP) is 3.28. The number of hydrogen-bond acceptors (Lipinski definition) is 2. The largest absolute Gasteiger partial charge is 0.299 e. The highest BCUT2D eigenvalue weighted by molar-refractivity contribution is 14.1. The second-order valence-electron chi connectivity index (χ2n) is 6.35. The van der Waals surface area contributed by atoms with Gasteiger partial charge in [0.1, 0.15) is 5.78 Å². The van der Waals surface area contributed by atoms with Crippen LogP contribution in [0.4, 0.5) is 0 Å². The molecular formula is C15H24INO. The third-order valence-corrected chi connectivity index (χ3v) is 6.12. The highest BCUT2D eigenvalue weighted by Crippen LogP contribution is 2.46. The van der Waals surface area contributed by atoms with Gasteiger partial charge in [-0.15, -0.1) is 0 Å². The molecule has 2 heterocycles. The third-order valence-electron chi connectivity index (χ3n) is 5.35. The summed E-state index contributed by atoms with van der Waals surface area (Å²) >= 11 is 2.44. The summed E-state index contributed by atoms with van der Waals surface area (Å²) < 4.78 is 1.24. The van der Waals surface area contributed by atoms with Gasteiger partial charge in [0.15, 0.2) is 0 Å². The SMILES string of the molecule is O=C1[C@H](CCCCI)C2C[C@@H]1[C@@H]1CCCCN1C2. The number of rotatable bonds is 4. The molecule has 0 amide bonds. The lowest BCUT2D eigenvalue weighted by Crippen LogP contribution is -2.49. The van der Waals surface area contributed by atoms with Crippen molar-refractivity contribution in [2.75, 3.05) is 17.5 Å². The molecule has 0 spiro atoms. The Morgan fingerprint density at radius 2 is 2.17 bits per heavy atom. The van der Waals surface area contributed by atoms with Crippen molar-refractivity contribution in [2.24, 2.45) is 17.8 Å². The van der Waals surface area contributed by atoms with E-state index in [1.54, 1.807) is 0 Å². The highest BCUT2D eigenvalue weighted by atomic mass is 127. The first-order valence-electron chi connectivity index (χ1n) is 7.65. The fraction of sp³-hybridized carbons (Fsp3) is 0.933. The van der Waals surface area contributed by atoms with Crippen molar-refractivity contribution in [1.29, 1.82) is 0 Å². The van der Waals surface area contributed by atoms with Gasteiger partial charge in [-0.3, -0.25) is 9.69 Å². The summed E-state index contributed by atoms with van der Waals surface area (Å²) in [6, 6.07) is 0.622. The molecule has 102 valence electrons. The molecule has 3 heteroatoms. The van der Waals surface area contributed by atoms with Crippen molar-refractivity contribution in [3.63, 3.8) is 0 Å². The van der Waals surface area contributed by atoms with Crippen LogP contribution in [-0.4, -0.2) is 34.2 Å². The Labute approximate surface area is 124 Å². The molecule has 1 aliphatic carbocycles. The molecular weight excluding hydrogens is 337 g/mol. The predicted molar refractivity (Wildman–Crippen MR) is 82.0 cm³/mol. The highest BCUT2D eigenvalue weighted by Gasteiger charge is 2.51. The van der Waals surface area contributed by atoms with Gasteiger partial charge in [-0.25, -0.2) is 0 Å². The van der Waals surface area contributed by atoms with Crippen LogP contribution in [0.5, 0.6) is 0 Å². The van der Waals surface area contributed by atoms with Gasteiger partial charge in [-0.2, -0.15) is 0 Å². The van der Waals surface area contributed by atoms with Crippen molar-refractivity contribution in [2.45, 2.75) is 51.0 Å². The zero-order chi connectivity index (χ0) is 12.5. The number of alkyl halides is 1. The number of carbonyl (C=O) groups is 1. The van der Waals surface area contributed by atoms with Gasteiger partial charge in [0, 0.05) is 24.4 Å². The van der Waals surface area contributed by atoms with E-state index < -0.39 is 0 Å². The minimum Gasteiger partial charge on any atom is -0.299 e. The number of ketones is 1. The number of halogens is 1. The summed E-state index contributed by atoms with van der Waals surface area (Å²) in [6.07, 6.45) is 8.91. The van der Waals surface area contributed by atoms with Crippen molar-refractivity contribution in [1.82, 2.24) is 4.90 Å². The molecule has 1 saturated carbocycles. The average Bonchev–Trinajstić information content (AvgIpc) is 2.65. The molecule has 3 fully saturated rings. The van der Waals surface area contributed by atoms with E-state index in [-0.39, 0.29) is 0 Å². The van der Waals surface area contributed by atoms with E-state index in [4.69, 9.17) is 0 Å². The standard InChI is InChI=1S/C15H24INO/c16-7-3-1-5-12-11-9-13(15(12)18)14-6-2-4-8-17(14)10-11/h11-14H,1-10H2/t11?,12-,13-,14+/m1/s1. The number of unbranched alkanes of at least 4 members (excludes halogenated alkanes) is 1. The van der Waals surface area contributed by atoms with Gasteiger partial charge in [0.2, 0.25) is 0 Å². The number of fused-ring (bicyclic) bond motifs is 4. The van der Waals surface area contributed by atoms with Gasteiger partial charge < -0.3 is 0 Å². The molecule has 0 aromatic carbocycles. The van der Waals surface area contributed by atoms with Crippen LogP contribution in [0.25, 0.3) is 0 Å². The Hall–Kier alpha value is 0.360. The number of hydrogen-bond donors (Lipinski definition) is 0. The van der Waals surface area contributed by atoms with Crippen molar-refractivity contribution >= 4 is 28.4 Å². The average molecular weight is 361 g/mol. The van der Waals surface area contributed by atoms with Crippen LogP contribution in [0.3, 0.4) is 0 Å². The van der Waals surface area contributed by atoms with Crippen LogP contribution in [-0.2, 0) is 4.79 Å². The number of carbonyl (C=O) groups excluding carboxylic acids is 1. The topological polar surface area (TPSA) is 20.3 Å². The van der Waals surface area contributed by atoms with Crippen molar-refractivity contribution < 1.29 is 4.79 Å². The van der Waals surface area contributed by atoms with E-state index in [1.807, 2.05) is 0 Å². The quantitative estimate of drug-likeness (QED) is 0.435. The molecule has 1 unspecified atom stereocenters. The molecule has 2 nitrogen and oxygen atoms in total. The van der Waals surface area contributed by atoms with E-state index in [9.17, 15) is 4.79 Å². The van der Waals surface area contributed by atoms with Crippen LogP contribution < -0.4 is 0 Å². The van der Waals surface area contributed by atoms with Crippen LogP contribution in [0.15, 0.2) is 0 Å². The summed E-state index contributed by atoms with van der Waals surface area (Å²) in [5.41, 5.74) is 0. The van der Waals surface area contributed by atoms with E-state index in [0.717, 1.165) is 0 Å². The second-order valence-corrected chi connectivity index (χ2v) is 7.43. The first-order chi connectivity index (χ1) is 8.81. The first-order valence-corrected chi connectivity index (χ1v) is 9.17. The third kappa shape index (κ3) is 2.37. The fourth-order valence-corrected chi connectivity index (χ4v) is 5.04. The summed E-state index contributed by atoms with van der Waals surface area (Å²) in [7, 11) is 0. The Balaban J connectivity index is 1.67. The molecule has 0 radical (unpaired) electrons. The Bertz CT molecular complexity index is 320. The summed E-state index contributed by atoms with van der Waals surface area (Å²) in [5, 5.41) is 0. The van der Waals surface area contributed by atoms with Crippen LogP contribution in [0.1, 0.15) is 44.9 Å². The lowest BCUT2D eigenvalue weighted by atomic mass is 9.84. The van der Waals surface area contributed by atoms with E-state index in [0.29, 0.717) is 29.6 Å². The zero-order valence-electron chi connectivity index (χ0n) is 11.1. The van der Waals surface area contributed by atoms with Gasteiger partial charge >= 0.3 is 0 Å².